The second kappa shape index (κ2) is 9.86. The number of methoxy groups -OCH3 is 1. The zero-order valence-corrected chi connectivity index (χ0v) is 8.94. The van der Waals surface area contributed by atoms with E-state index in [-0.39, 0.29) is 0 Å². The molecule has 4 heteroatoms. The molecule has 1 N–H and O–H groups in total. The van der Waals surface area contributed by atoms with Crippen molar-refractivity contribution < 1.29 is 14.6 Å². The molecule has 0 aromatic rings. The minimum Gasteiger partial charge on any atom is -0.481 e. The number of thioether (sulfide) groups is 1. The van der Waals surface area contributed by atoms with Gasteiger partial charge in [0.2, 0.25) is 0 Å². The van der Waals surface area contributed by atoms with Gasteiger partial charge in [-0.1, -0.05) is 0 Å². The van der Waals surface area contributed by atoms with E-state index in [9.17, 15) is 4.79 Å². The second-order valence-electron chi connectivity index (χ2n) is 2.81. The van der Waals surface area contributed by atoms with Gasteiger partial charge in [0, 0.05) is 20.1 Å². The zero-order chi connectivity index (χ0) is 9.94. The molecule has 0 aliphatic rings. The third-order valence-corrected chi connectivity index (χ3v) is 2.72. The van der Waals surface area contributed by atoms with Gasteiger partial charge in [-0.2, -0.15) is 11.8 Å². The van der Waals surface area contributed by atoms with Crippen LogP contribution < -0.4 is 0 Å². The van der Waals surface area contributed by atoms with Gasteiger partial charge in [0.15, 0.2) is 0 Å². The van der Waals surface area contributed by atoms with Gasteiger partial charge in [-0.3, -0.25) is 4.79 Å². The minimum absolute atomic E-state index is 0.304. The van der Waals surface area contributed by atoms with Gasteiger partial charge >= 0.3 is 5.97 Å². The van der Waals surface area contributed by atoms with Crippen LogP contribution in [0.4, 0.5) is 0 Å². The van der Waals surface area contributed by atoms with E-state index in [1.807, 2.05) is 11.8 Å². The van der Waals surface area contributed by atoms with Gasteiger partial charge in [-0.05, 0) is 30.8 Å². The third kappa shape index (κ3) is 11.8. The number of carboxylic acid groups (broad SMARTS) is 1. The summed E-state index contributed by atoms with van der Waals surface area (Å²) in [6.45, 7) is 0.822. The highest BCUT2D eigenvalue weighted by atomic mass is 32.2. The Labute approximate surface area is 83.9 Å². The molecule has 13 heavy (non-hydrogen) atoms. The van der Waals surface area contributed by atoms with Crippen LogP contribution in [-0.4, -0.2) is 36.3 Å². The molecule has 0 bridgehead atoms. The molecule has 0 atom stereocenters. The Morgan fingerprint density at radius 3 is 2.62 bits per heavy atom. The van der Waals surface area contributed by atoms with Crippen LogP contribution in [-0.2, 0) is 9.53 Å². The van der Waals surface area contributed by atoms with Crippen LogP contribution in [0.1, 0.15) is 25.7 Å². The Balaban J connectivity index is 2.87. The Hall–Kier alpha value is -0.220. The number of hydrogen-bond acceptors (Lipinski definition) is 3. The van der Waals surface area contributed by atoms with Gasteiger partial charge in [-0.25, -0.2) is 0 Å². The van der Waals surface area contributed by atoms with Crippen molar-refractivity contribution >= 4 is 17.7 Å². The number of unbranched alkanes of at least 4 members (excludes halogenated alkanes) is 1. The van der Waals surface area contributed by atoms with E-state index in [2.05, 4.69) is 0 Å². The monoisotopic (exact) mass is 206 g/mol. The number of ether oxygens (including phenoxy) is 1. The molecule has 0 amide bonds. The summed E-state index contributed by atoms with van der Waals surface area (Å²) in [7, 11) is 1.71. The highest BCUT2D eigenvalue weighted by Gasteiger charge is 1.96. The highest BCUT2D eigenvalue weighted by molar-refractivity contribution is 7.99. The molecule has 0 aliphatic heterocycles. The molecule has 0 fully saturated rings. The van der Waals surface area contributed by atoms with Gasteiger partial charge in [0.1, 0.15) is 0 Å². The minimum atomic E-state index is -0.690. The van der Waals surface area contributed by atoms with Gasteiger partial charge < -0.3 is 9.84 Å². The van der Waals surface area contributed by atoms with Crippen molar-refractivity contribution in [1.82, 2.24) is 0 Å². The first-order chi connectivity index (χ1) is 6.27. The predicted octanol–water partition coefficient (Wildman–Crippen LogP) is 2.01. The second-order valence-corrected chi connectivity index (χ2v) is 4.03. The largest absolute Gasteiger partial charge is 0.481 e. The Kier molecular flexibility index (Phi) is 9.70. The molecule has 0 saturated carbocycles. The lowest BCUT2D eigenvalue weighted by Crippen LogP contribution is -1.95. The smallest absolute Gasteiger partial charge is 0.303 e. The zero-order valence-electron chi connectivity index (χ0n) is 8.12. The quantitative estimate of drug-likeness (QED) is 0.586. The lowest BCUT2D eigenvalue weighted by Gasteiger charge is -2.00. The molecule has 78 valence electrons. The van der Waals surface area contributed by atoms with Crippen LogP contribution in [0.5, 0.6) is 0 Å². The summed E-state index contributed by atoms with van der Waals surface area (Å²) in [6.07, 6.45) is 3.19. The van der Waals surface area contributed by atoms with Crippen LogP contribution in [0.3, 0.4) is 0 Å². The molecule has 0 aliphatic carbocycles. The number of carboxylic acids is 1. The maximum atomic E-state index is 10.2. The van der Waals surface area contributed by atoms with Gasteiger partial charge in [0.05, 0.1) is 0 Å². The standard InChI is InChI=1S/C9H18O3S/c1-12-6-4-8-13-7-3-2-5-9(10)11/h2-8H2,1H3,(H,10,11). The summed E-state index contributed by atoms with van der Waals surface area (Å²) in [6, 6.07) is 0. The third-order valence-electron chi connectivity index (χ3n) is 1.57. The molecule has 0 heterocycles. The Morgan fingerprint density at radius 2 is 2.00 bits per heavy atom. The maximum absolute atomic E-state index is 10.2. The van der Waals surface area contributed by atoms with E-state index < -0.39 is 5.97 Å². The molecule has 0 spiro atoms. The predicted molar refractivity (Wildman–Crippen MR) is 55.3 cm³/mol. The topological polar surface area (TPSA) is 46.5 Å². The van der Waals surface area contributed by atoms with E-state index in [1.165, 1.54) is 0 Å². The van der Waals surface area contributed by atoms with Crippen LogP contribution in [0.2, 0.25) is 0 Å². The molecule has 3 nitrogen and oxygen atoms in total. The fourth-order valence-electron chi connectivity index (χ4n) is 0.888. The Morgan fingerprint density at radius 1 is 1.31 bits per heavy atom. The number of rotatable bonds is 9. The maximum Gasteiger partial charge on any atom is 0.303 e. The fourth-order valence-corrected chi connectivity index (χ4v) is 1.82. The first kappa shape index (κ1) is 12.8. The molecular weight excluding hydrogens is 188 g/mol. The lowest BCUT2D eigenvalue weighted by molar-refractivity contribution is -0.137. The van der Waals surface area contributed by atoms with Crippen molar-refractivity contribution in [2.75, 3.05) is 25.2 Å². The molecular formula is C9H18O3S. The van der Waals surface area contributed by atoms with Crippen molar-refractivity contribution in [2.24, 2.45) is 0 Å². The molecule has 0 aromatic carbocycles. The fraction of sp³-hybridized carbons (Fsp3) is 0.889. The normalized spacial score (nSPS) is 10.2. The average Bonchev–Trinajstić information content (AvgIpc) is 2.09. The molecule has 0 aromatic heterocycles. The van der Waals surface area contributed by atoms with E-state index in [0.29, 0.717) is 6.42 Å². The van der Waals surface area contributed by atoms with Crippen LogP contribution in [0, 0.1) is 0 Å². The molecule has 0 radical (unpaired) electrons. The van der Waals surface area contributed by atoms with E-state index >= 15 is 0 Å². The first-order valence-electron chi connectivity index (χ1n) is 4.56. The molecule has 0 rings (SSSR count). The summed E-state index contributed by atoms with van der Waals surface area (Å²) in [5, 5.41) is 8.36. The number of hydrogen-bond donors (Lipinski definition) is 1. The lowest BCUT2D eigenvalue weighted by atomic mass is 10.3. The summed E-state index contributed by atoms with van der Waals surface area (Å²) in [5.41, 5.74) is 0. The van der Waals surface area contributed by atoms with E-state index in [0.717, 1.165) is 37.4 Å². The summed E-state index contributed by atoms with van der Waals surface area (Å²) < 4.78 is 4.91. The average molecular weight is 206 g/mol. The van der Waals surface area contributed by atoms with Gasteiger partial charge in [0.25, 0.3) is 0 Å². The van der Waals surface area contributed by atoms with Gasteiger partial charge in [-0.15, -0.1) is 0 Å². The van der Waals surface area contributed by atoms with Crippen molar-refractivity contribution in [2.45, 2.75) is 25.7 Å². The van der Waals surface area contributed by atoms with Crippen LogP contribution in [0.25, 0.3) is 0 Å². The number of aliphatic carboxylic acids is 1. The van der Waals surface area contributed by atoms with Crippen molar-refractivity contribution in [1.29, 1.82) is 0 Å². The van der Waals surface area contributed by atoms with Crippen molar-refractivity contribution in [3.63, 3.8) is 0 Å². The molecule has 0 unspecified atom stereocenters. The Bertz CT molecular complexity index is 128. The highest BCUT2D eigenvalue weighted by Crippen LogP contribution is 2.07. The summed E-state index contributed by atoms with van der Waals surface area (Å²) in [5.74, 6) is 1.49. The van der Waals surface area contributed by atoms with Crippen molar-refractivity contribution in [3.05, 3.63) is 0 Å². The first-order valence-corrected chi connectivity index (χ1v) is 5.71. The SMILES string of the molecule is COCCCSCCCCC(=O)O. The molecule has 0 saturated heterocycles. The van der Waals surface area contributed by atoms with E-state index in [4.69, 9.17) is 9.84 Å². The number of carbonyl (C=O) groups is 1. The van der Waals surface area contributed by atoms with Crippen LogP contribution in [0.15, 0.2) is 0 Å². The van der Waals surface area contributed by atoms with Crippen molar-refractivity contribution in [3.8, 4) is 0 Å². The summed E-state index contributed by atoms with van der Waals surface area (Å²) in [4.78, 5) is 10.2. The van der Waals surface area contributed by atoms with Crippen LogP contribution >= 0.6 is 11.8 Å². The van der Waals surface area contributed by atoms with E-state index in [1.54, 1.807) is 7.11 Å². The summed E-state index contributed by atoms with van der Waals surface area (Å²) >= 11 is 1.87.